The molecule has 21 heavy (non-hydrogen) atoms. The number of benzene rings is 1. The molecular formula is C15H17NO4S. The number of hydrogen-bond acceptors (Lipinski definition) is 4. The van der Waals surface area contributed by atoms with Gasteiger partial charge in [0.15, 0.2) is 5.54 Å². The zero-order chi connectivity index (χ0) is 15.9. The van der Waals surface area contributed by atoms with E-state index in [1.807, 2.05) is 0 Å². The quantitative estimate of drug-likeness (QED) is 0.836. The Labute approximate surface area is 128 Å². The highest BCUT2D eigenvalue weighted by molar-refractivity contribution is 7.81. The molecule has 1 aromatic carbocycles. The molecule has 5 nitrogen and oxygen atoms in total. The molecule has 0 aromatic heterocycles. The highest BCUT2D eigenvalue weighted by Gasteiger charge is 2.58. The number of carboxylic acid groups (broad SMARTS) is 1. The van der Waals surface area contributed by atoms with E-state index in [2.05, 4.69) is 12.6 Å². The van der Waals surface area contributed by atoms with Gasteiger partial charge in [-0.05, 0) is 32.4 Å². The van der Waals surface area contributed by atoms with Gasteiger partial charge < -0.3 is 5.11 Å². The van der Waals surface area contributed by atoms with E-state index >= 15 is 0 Å². The average molecular weight is 307 g/mol. The van der Waals surface area contributed by atoms with Crippen LogP contribution >= 0.6 is 12.6 Å². The van der Waals surface area contributed by atoms with Crippen LogP contribution in [0.25, 0.3) is 0 Å². The van der Waals surface area contributed by atoms with Crippen molar-refractivity contribution in [3.8, 4) is 0 Å². The molecule has 1 heterocycles. The predicted molar refractivity (Wildman–Crippen MR) is 81.8 cm³/mol. The van der Waals surface area contributed by atoms with Crippen molar-refractivity contribution < 1.29 is 19.5 Å². The van der Waals surface area contributed by atoms with Gasteiger partial charge in [-0.25, -0.2) is 4.79 Å². The van der Waals surface area contributed by atoms with Gasteiger partial charge >= 0.3 is 5.97 Å². The third-order valence-corrected chi connectivity index (χ3v) is 4.15. The molecule has 2 rings (SSSR count). The first kappa shape index (κ1) is 15.6. The molecule has 1 aliphatic heterocycles. The minimum atomic E-state index is -1.64. The van der Waals surface area contributed by atoms with Crippen molar-refractivity contribution in [1.29, 1.82) is 0 Å². The molecular weight excluding hydrogens is 290 g/mol. The van der Waals surface area contributed by atoms with E-state index < -0.39 is 28.6 Å². The number of aliphatic carboxylic acids is 1. The molecule has 0 spiro atoms. The van der Waals surface area contributed by atoms with E-state index in [4.69, 9.17) is 0 Å². The van der Waals surface area contributed by atoms with Gasteiger partial charge in [-0.2, -0.15) is 12.6 Å². The summed E-state index contributed by atoms with van der Waals surface area (Å²) in [6.45, 7) is 4.34. The molecule has 1 N–H and O–H groups in total. The van der Waals surface area contributed by atoms with Gasteiger partial charge in [-0.15, -0.1) is 0 Å². The zero-order valence-corrected chi connectivity index (χ0v) is 12.9. The summed E-state index contributed by atoms with van der Waals surface area (Å²) in [6, 6.07) is 6.80. The van der Waals surface area contributed by atoms with Gasteiger partial charge in [0.1, 0.15) is 5.78 Å². The maximum atomic E-state index is 12.5. The van der Waals surface area contributed by atoms with E-state index in [1.165, 1.54) is 18.7 Å². The maximum Gasteiger partial charge on any atom is 0.330 e. The SMILES string of the molecule is CC(=O)C1c2ccccc2N(C(=O)C(C)S)C1(C)C(=O)O. The first-order valence-corrected chi connectivity index (χ1v) is 7.09. The van der Waals surface area contributed by atoms with Crippen LogP contribution in [0.5, 0.6) is 0 Å². The fourth-order valence-corrected chi connectivity index (χ4v) is 3.10. The van der Waals surface area contributed by atoms with Crippen LogP contribution in [0, 0.1) is 0 Å². The number of thiol groups is 1. The molecule has 3 unspecified atom stereocenters. The van der Waals surface area contributed by atoms with Crippen molar-refractivity contribution in [2.24, 2.45) is 0 Å². The topological polar surface area (TPSA) is 74.7 Å². The van der Waals surface area contributed by atoms with Gasteiger partial charge in [0.2, 0.25) is 5.91 Å². The van der Waals surface area contributed by atoms with Crippen LogP contribution in [0.3, 0.4) is 0 Å². The number of carbonyl (C=O) groups excluding carboxylic acids is 2. The number of para-hydroxylation sites is 1. The largest absolute Gasteiger partial charge is 0.479 e. The number of fused-ring (bicyclic) bond motifs is 1. The second kappa shape index (κ2) is 5.18. The standard InChI is InChI=1S/C15H17NO4S/c1-8(17)12-10-6-4-5-7-11(10)16(13(18)9(2)21)15(12,3)14(19)20/h4-7,9,12,21H,1-3H3,(H,19,20). The molecule has 0 aliphatic carbocycles. The van der Waals surface area contributed by atoms with Crippen LogP contribution in [0.1, 0.15) is 32.3 Å². The summed E-state index contributed by atoms with van der Waals surface area (Å²) in [4.78, 5) is 37.6. The fourth-order valence-electron chi connectivity index (χ4n) is 2.99. The van der Waals surface area contributed by atoms with Gasteiger partial charge in [0.05, 0.1) is 11.2 Å². The first-order valence-electron chi connectivity index (χ1n) is 6.57. The predicted octanol–water partition coefficient (Wildman–Crippen LogP) is 1.87. The van der Waals surface area contributed by atoms with E-state index in [0.717, 1.165) is 0 Å². The van der Waals surface area contributed by atoms with Gasteiger partial charge in [-0.1, -0.05) is 18.2 Å². The molecule has 0 radical (unpaired) electrons. The summed E-state index contributed by atoms with van der Waals surface area (Å²) >= 11 is 4.12. The number of carbonyl (C=O) groups is 3. The Kier molecular flexibility index (Phi) is 3.84. The molecule has 1 aromatic rings. The summed E-state index contributed by atoms with van der Waals surface area (Å²) < 4.78 is 0. The highest BCUT2D eigenvalue weighted by Crippen LogP contribution is 2.48. The second-order valence-corrected chi connectivity index (χ2v) is 6.18. The number of Topliss-reactive ketones (excluding diaryl/α,β-unsaturated/α-hetero) is 1. The fraction of sp³-hybridized carbons (Fsp3) is 0.400. The Morgan fingerprint density at radius 3 is 2.38 bits per heavy atom. The Balaban J connectivity index is 2.75. The minimum absolute atomic E-state index is 0.283. The Morgan fingerprint density at radius 2 is 1.90 bits per heavy atom. The van der Waals surface area contributed by atoms with Crippen molar-refractivity contribution >= 4 is 36.0 Å². The molecule has 0 fully saturated rings. The van der Waals surface area contributed by atoms with E-state index in [1.54, 1.807) is 31.2 Å². The third-order valence-electron chi connectivity index (χ3n) is 3.93. The number of carboxylic acids is 1. The number of nitrogens with zero attached hydrogens (tertiary/aromatic N) is 1. The van der Waals surface area contributed by atoms with Crippen molar-refractivity contribution in [2.45, 2.75) is 37.5 Å². The van der Waals surface area contributed by atoms with Crippen molar-refractivity contribution in [3.63, 3.8) is 0 Å². The number of amides is 1. The van der Waals surface area contributed by atoms with Crippen molar-refractivity contribution in [2.75, 3.05) is 4.90 Å². The van der Waals surface area contributed by atoms with Gasteiger partial charge in [0.25, 0.3) is 0 Å². The van der Waals surface area contributed by atoms with Gasteiger partial charge in [-0.3, -0.25) is 14.5 Å². The highest BCUT2D eigenvalue weighted by atomic mass is 32.1. The summed E-state index contributed by atoms with van der Waals surface area (Å²) in [5.41, 5.74) is -0.602. The lowest BCUT2D eigenvalue weighted by molar-refractivity contribution is -0.146. The van der Waals surface area contributed by atoms with Crippen LogP contribution in [0.4, 0.5) is 5.69 Å². The summed E-state index contributed by atoms with van der Waals surface area (Å²) in [7, 11) is 0. The van der Waals surface area contributed by atoms with Gasteiger partial charge in [0, 0.05) is 5.69 Å². The Hall–Kier alpha value is -1.82. The molecule has 112 valence electrons. The molecule has 1 amide bonds. The smallest absolute Gasteiger partial charge is 0.330 e. The lowest BCUT2D eigenvalue weighted by atomic mass is 9.81. The first-order chi connectivity index (χ1) is 9.72. The van der Waals surface area contributed by atoms with Crippen molar-refractivity contribution in [3.05, 3.63) is 29.8 Å². The minimum Gasteiger partial charge on any atom is -0.479 e. The van der Waals surface area contributed by atoms with Crippen LogP contribution < -0.4 is 4.90 Å². The molecule has 0 bridgehead atoms. The lowest BCUT2D eigenvalue weighted by Gasteiger charge is -2.35. The monoisotopic (exact) mass is 307 g/mol. The van der Waals surface area contributed by atoms with Crippen LogP contribution in [0.2, 0.25) is 0 Å². The number of hydrogen-bond donors (Lipinski definition) is 2. The molecule has 6 heteroatoms. The normalized spacial score (nSPS) is 25.3. The van der Waals surface area contributed by atoms with Crippen LogP contribution in [0.15, 0.2) is 24.3 Å². The van der Waals surface area contributed by atoms with E-state index in [-0.39, 0.29) is 5.78 Å². The average Bonchev–Trinajstić information content (AvgIpc) is 2.67. The molecule has 3 atom stereocenters. The van der Waals surface area contributed by atoms with Crippen molar-refractivity contribution in [1.82, 2.24) is 0 Å². The molecule has 0 saturated carbocycles. The molecule has 1 aliphatic rings. The zero-order valence-electron chi connectivity index (χ0n) is 12.0. The summed E-state index contributed by atoms with van der Waals surface area (Å²) in [5, 5.41) is 9.03. The van der Waals surface area contributed by atoms with E-state index in [9.17, 15) is 19.5 Å². The number of anilines is 1. The summed E-state index contributed by atoms with van der Waals surface area (Å²) in [5.74, 6) is -2.81. The van der Waals surface area contributed by atoms with E-state index in [0.29, 0.717) is 11.3 Å². The molecule has 0 saturated heterocycles. The second-order valence-electron chi connectivity index (χ2n) is 5.40. The number of ketones is 1. The van der Waals surface area contributed by atoms with Crippen LogP contribution in [-0.2, 0) is 14.4 Å². The van der Waals surface area contributed by atoms with Crippen LogP contribution in [-0.4, -0.2) is 33.6 Å². The lowest BCUT2D eigenvalue weighted by Crippen LogP contribution is -2.58. The Morgan fingerprint density at radius 1 is 1.33 bits per heavy atom. The maximum absolute atomic E-state index is 12.5. The summed E-state index contributed by atoms with van der Waals surface area (Å²) in [6.07, 6.45) is 0. The Bertz CT molecular complexity index is 628. The number of rotatable bonds is 3. The third kappa shape index (κ3) is 2.14.